The quantitative estimate of drug-likeness (QED) is 0.710. The summed E-state index contributed by atoms with van der Waals surface area (Å²) in [5.74, 6) is 0.413. The van der Waals surface area contributed by atoms with Gasteiger partial charge in [0, 0.05) is 6.42 Å². The molecule has 1 fully saturated rings. The second-order valence-corrected chi connectivity index (χ2v) is 5.14. The molecule has 1 N–H and O–H groups in total. The highest BCUT2D eigenvalue weighted by molar-refractivity contribution is 5.66. The Hall–Kier alpha value is -0.530. The zero-order chi connectivity index (χ0) is 12.9. The number of hydrogen-bond acceptors (Lipinski definition) is 1. The molecule has 0 aromatic heterocycles. The van der Waals surface area contributed by atoms with Gasteiger partial charge in [0.05, 0.1) is 0 Å². The first-order valence-corrected chi connectivity index (χ1v) is 7.42. The molecule has 0 radical (unpaired) electrons. The molecule has 1 rings (SSSR count). The van der Waals surface area contributed by atoms with E-state index in [2.05, 4.69) is 6.92 Å². The Bertz CT molecular complexity index is 172. The molecule has 0 amide bonds. The first kappa shape index (κ1) is 16.5. The lowest BCUT2D eigenvalue weighted by Crippen LogP contribution is -2.05. The molecule has 2 heteroatoms. The number of carboxylic acid groups (broad SMARTS) is 1. The summed E-state index contributed by atoms with van der Waals surface area (Å²) in [6.45, 7) is 4.27. The minimum Gasteiger partial charge on any atom is -0.481 e. The second kappa shape index (κ2) is 11.9. The fourth-order valence-electron chi connectivity index (χ4n) is 2.30. The van der Waals surface area contributed by atoms with Gasteiger partial charge in [-0.3, -0.25) is 4.79 Å². The minimum atomic E-state index is -0.693. The third kappa shape index (κ3) is 11.7. The highest BCUT2D eigenvalue weighted by Crippen LogP contribution is 2.27. The summed E-state index contributed by atoms with van der Waals surface area (Å²) < 4.78 is 0. The third-order valence-corrected chi connectivity index (χ3v) is 3.43. The SMILES string of the molecule is CCCCC(=O)O.CCCCC1CCCCC1. The van der Waals surface area contributed by atoms with Crippen molar-refractivity contribution in [3.05, 3.63) is 0 Å². The van der Waals surface area contributed by atoms with E-state index in [-0.39, 0.29) is 0 Å². The van der Waals surface area contributed by atoms with Gasteiger partial charge in [0.2, 0.25) is 0 Å². The van der Waals surface area contributed by atoms with E-state index in [1.165, 1.54) is 51.4 Å². The Morgan fingerprint density at radius 3 is 2.06 bits per heavy atom. The molecular formula is C15H30O2. The van der Waals surface area contributed by atoms with Crippen LogP contribution in [0.5, 0.6) is 0 Å². The molecule has 0 spiro atoms. The monoisotopic (exact) mass is 242 g/mol. The van der Waals surface area contributed by atoms with Crippen molar-refractivity contribution in [3.63, 3.8) is 0 Å². The average molecular weight is 242 g/mol. The molecule has 1 saturated carbocycles. The summed E-state index contributed by atoms with van der Waals surface area (Å²) in [6, 6.07) is 0. The van der Waals surface area contributed by atoms with E-state index in [0.29, 0.717) is 6.42 Å². The summed E-state index contributed by atoms with van der Waals surface area (Å²) in [4.78, 5) is 9.76. The number of unbranched alkanes of at least 4 members (excludes halogenated alkanes) is 2. The number of rotatable bonds is 6. The smallest absolute Gasteiger partial charge is 0.303 e. The first-order chi connectivity index (χ1) is 8.20. The molecule has 0 atom stereocenters. The van der Waals surface area contributed by atoms with Crippen LogP contribution in [0.3, 0.4) is 0 Å². The van der Waals surface area contributed by atoms with Gasteiger partial charge in [-0.1, -0.05) is 71.6 Å². The van der Waals surface area contributed by atoms with Crippen molar-refractivity contribution in [3.8, 4) is 0 Å². The van der Waals surface area contributed by atoms with Crippen molar-refractivity contribution >= 4 is 5.97 Å². The van der Waals surface area contributed by atoms with E-state index < -0.39 is 5.97 Å². The molecule has 102 valence electrons. The van der Waals surface area contributed by atoms with Crippen LogP contribution in [-0.2, 0) is 4.79 Å². The van der Waals surface area contributed by atoms with Gasteiger partial charge in [-0.05, 0) is 12.3 Å². The van der Waals surface area contributed by atoms with Gasteiger partial charge in [-0.2, -0.15) is 0 Å². The van der Waals surface area contributed by atoms with Gasteiger partial charge >= 0.3 is 5.97 Å². The van der Waals surface area contributed by atoms with Crippen molar-refractivity contribution in [2.45, 2.75) is 84.5 Å². The molecule has 2 nitrogen and oxygen atoms in total. The van der Waals surface area contributed by atoms with Gasteiger partial charge < -0.3 is 5.11 Å². The summed E-state index contributed by atoms with van der Waals surface area (Å²) in [5, 5.41) is 8.04. The van der Waals surface area contributed by atoms with Crippen molar-refractivity contribution in [1.82, 2.24) is 0 Å². The fraction of sp³-hybridized carbons (Fsp3) is 0.933. The molecule has 17 heavy (non-hydrogen) atoms. The standard InChI is InChI=1S/C10H20.C5H10O2/c1-2-3-7-10-8-5-4-6-9-10;1-2-3-4-5(6)7/h10H,2-9H2,1H3;2-4H2,1H3,(H,6,7). The van der Waals surface area contributed by atoms with Gasteiger partial charge in [0.25, 0.3) is 0 Å². The van der Waals surface area contributed by atoms with E-state index in [1.807, 2.05) is 6.92 Å². The van der Waals surface area contributed by atoms with Crippen LogP contribution in [0.15, 0.2) is 0 Å². The van der Waals surface area contributed by atoms with Crippen LogP contribution in [0, 0.1) is 5.92 Å². The Morgan fingerprint density at radius 2 is 1.65 bits per heavy atom. The van der Waals surface area contributed by atoms with Gasteiger partial charge in [-0.15, -0.1) is 0 Å². The lowest BCUT2D eigenvalue weighted by Gasteiger charge is -2.20. The Morgan fingerprint density at radius 1 is 1.06 bits per heavy atom. The Balaban J connectivity index is 0.000000325. The van der Waals surface area contributed by atoms with E-state index in [4.69, 9.17) is 5.11 Å². The first-order valence-electron chi connectivity index (χ1n) is 7.42. The second-order valence-electron chi connectivity index (χ2n) is 5.14. The molecule has 0 aromatic carbocycles. The molecule has 1 aliphatic carbocycles. The van der Waals surface area contributed by atoms with Gasteiger partial charge in [0.1, 0.15) is 0 Å². The topological polar surface area (TPSA) is 37.3 Å². The van der Waals surface area contributed by atoms with Gasteiger partial charge in [0.15, 0.2) is 0 Å². The highest BCUT2D eigenvalue weighted by atomic mass is 16.4. The van der Waals surface area contributed by atoms with Crippen LogP contribution in [0.2, 0.25) is 0 Å². The highest BCUT2D eigenvalue weighted by Gasteiger charge is 2.11. The molecule has 0 heterocycles. The molecule has 1 aliphatic rings. The fourth-order valence-corrected chi connectivity index (χ4v) is 2.30. The maximum atomic E-state index is 9.76. The molecule has 0 aliphatic heterocycles. The van der Waals surface area contributed by atoms with Crippen LogP contribution in [-0.4, -0.2) is 11.1 Å². The van der Waals surface area contributed by atoms with Gasteiger partial charge in [-0.25, -0.2) is 0 Å². The van der Waals surface area contributed by atoms with Crippen LogP contribution in [0.25, 0.3) is 0 Å². The molecule has 0 unspecified atom stereocenters. The zero-order valence-electron chi connectivity index (χ0n) is 11.7. The molecule has 0 bridgehead atoms. The number of carbonyl (C=O) groups is 1. The average Bonchev–Trinajstić information content (AvgIpc) is 2.36. The summed E-state index contributed by atoms with van der Waals surface area (Å²) in [7, 11) is 0. The Labute approximate surface area is 107 Å². The van der Waals surface area contributed by atoms with Crippen molar-refractivity contribution in [2.24, 2.45) is 5.92 Å². The maximum Gasteiger partial charge on any atom is 0.303 e. The van der Waals surface area contributed by atoms with E-state index in [0.717, 1.165) is 18.8 Å². The molecular weight excluding hydrogens is 212 g/mol. The third-order valence-electron chi connectivity index (χ3n) is 3.43. The molecule has 0 saturated heterocycles. The van der Waals surface area contributed by atoms with Crippen LogP contribution in [0.4, 0.5) is 0 Å². The largest absolute Gasteiger partial charge is 0.481 e. The number of aliphatic carboxylic acids is 1. The van der Waals surface area contributed by atoms with Crippen molar-refractivity contribution < 1.29 is 9.90 Å². The maximum absolute atomic E-state index is 9.76. The normalized spacial score (nSPS) is 16.1. The summed E-state index contributed by atoms with van der Waals surface area (Å²) in [5.41, 5.74) is 0. The van der Waals surface area contributed by atoms with Crippen LogP contribution >= 0.6 is 0 Å². The number of hydrogen-bond donors (Lipinski definition) is 1. The van der Waals surface area contributed by atoms with Crippen molar-refractivity contribution in [1.29, 1.82) is 0 Å². The van der Waals surface area contributed by atoms with Crippen molar-refractivity contribution in [2.75, 3.05) is 0 Å². The predicted molar refractivity (Wildman–Crippen MR) is 73.3 cm³/mol. The van der Waals surface area contributed by atoms with Crippen LogP contribution < -0.4 is 0 Å². The molecule has 0 aromatic rings. The lowest BCUT2D eigenvalue weighted by molar-refractivity contribution is -0.137. The predicted octanol–water partition coefficient (Wildman–Crippen LogP) is 5.02. The lowest BCUT2D eigenvalue weighted by atomic mass is 9.86. The zero-order valence-corrected chi connectivity index (χ0v) is 11.7. The Kier molecular flexibility index (Phi) is 11.6. The van der Waals surface area contributed by atoms with E-state index in [1.54, 1.807) is 0 Å². The van der Waals surface area contributed by atoms with E-state index >= 15 is 0 Å². The summed E-state index contributed by atoms with van der Waals surface area (Å²) >= 11 is 0. The number of carboxylic acids is 1. The summed E-state index contributed by atoms with van der Waals surface area (Å²) in [6.07, 6.45) is 14.0. The van der Waals surface area contributed by atoms with Crippen LogP contribution in [0.1, 0.15) is 84.5 Å². The van der Waals surface area contributed by atoms with E-state index in [9.17, 15) is 4.79 Å². The minimum absolute atomic E-state index is 0.316.